The van der Waals surface area contributed by atoms with Crippen molar-refractivity contribution >= 4 is 38.9 Å². The first-order valence-corrected chi connectivity index (χ1v) is 10.6. The zero-order chi connectivity index (χ0) is 19.7. The quantitative estimate of drug-likeness (QED) is 0.707. The fourth-order valence-electron chi connectivity index (χ4n) is 3.12. The van der Waals surface area contributed by atoms with E-state index < -0.39 is 10.0 Å². The molecule has 144 valence electrons. The predicted molar refractivity (Wildman–Crippen MR) is 109 cm³/mol. The van der Waals surface area contributed by atoms with Crippen molar-refractivity contribution in [1.29, 1.82) is 0 Å². The second kappa shape index (κ2) is 7.29. The second-order valence-electron chi connectivity index (χ2n) is 6.35. The Morgan fingerprint density at radius 3 is 2.57 bits per heavy atom. The summed E-state index contributed by atoms with van der Waals surface area (Å²) in [7, 11) is -3.25. The first-order chi connectivity index (χ1) is 13.4. The van der Waals surface area contributed by atoms with Crippen molar-refractivity contribution < 1.29 is 13.2 Å². The number of aromatic nitrogens is 2. The number of amides is 1. The van der Waals surface area contributed by atoms with Crippen LogP contribution in [0.25, 0.3) is 5.69 Å². The van der Waals surface area contributed by atoms with Crippen molar-refractivity contribution in [3.8, 4) is 5.69 Å². The number of benzene rings is 2. The summed E-state index contributed by atoms with van der Waals surface area (Å²) >= 11 is 6.08. The van der Waals surface area contributed by atoms with E-state index in [2.05, 4.69) is 10.4 Å². The summed E-state index contributed by atoms with van der Waals surface area (Å²) in [5, 5.41) is 7.52. The Kier molecular flexibility index (Phi) is 4.82. The van der Waals surface area contributed by atoms with Gasteiger partial charge in [0, 0.05) is 29.5 Å². The summed E-state index contributed by atoms with van der Waals surface area (Å²) in [4.78, 5) is 12.7. The van der Waals surface area contributed by atoms with E-state index in [1.807, 2.05) is 0 Å². The average molecular weight is 417 g/mol. The maximum absolute atomic E-state index is 12.7. The normalized spacial score (nSPS) is 15.5. The van der Waals surface area contributed by atoms with Crippen LogP contribution >= 0.6 is 11.6 Å². The van der Waals surface area contributed by atoms with Gasteiger partial charge < -0.3 is 5.32 Å². The summed E-state index contributed by atoms with van der Waals surface area (Å²) in [6.07, 6.45) is 4.02. The molecule has 0 aliphatic carbocycles. The van der Waals surface area contributed by atoms with Crippen molar-refractivity contribution in [1.82, 2.24) is 9.78 Å². The van der Waals surface area contributed by atoms with Crippen LogP contribution in [0.2, 0.25) is 5.02 Å². The van der Waals surface area contributed by atoms with E-state index in [1.54, 1.807) is 65.6 Å². The molecule has 3 aromatic rings. The highest BCUT2D eigenvalue weighted by Crippen LogP contribution is 2.26. The highest BCUT2D eigenvalue weighted by atomic mass is 35.5. The van der Waals surface area contributed by atoms with Crippen molar-refractivity contribution in [2.24, 2.45) is 0 Å². The topological polar surface area (TPSA) is 84.3 Å². The van der Waals surface area contributed by atoms with Gasteiger partial charge in [-0.2, -0.15) is 5.10 Å². The van der Waals surface area contributed by atoms with Crippen LogP contribution in [0.15, 0.2) is 60.9 Å². The molecule has 0 unspecified atom stereocenters. The number of carbonyl (C=O) groups excluding carboxylic acids is 1. The Balaban J connectivity index is 1.57. The molecule has 0 bridgehead atoms. The number of nitrogens with zero attached hydrogens (tertiary/aromatic N) is 3. The van der Waals surface area contributed by atoms with Crippen LogP contribution in [0, 0.1) is 0 Å². The first kappa shape index (κ1) is 18.5. The van der Waals surface area contributed by atoms with Gasteiger partial charge in [-0.3, -0.25) is 9.10 Å². The van der Waals surface area contributed by atoms with E-state index in [1.165, 1.54) is 4.31 Å². The first-order valence-electron chi connectivity index (χ1n) is 8.65. The lowest BCUT2D eigenvalue weighted by Crippen LogP contribution is -2.25. The monoisotopic (exact) mass is 416 g/mol. The molecule has 1 saturated heterocycles. The predicted octanol–water partition coefficient (Wildman–Crippen LogP) is 3.32. The fourth-order valence-corrected chi connectivity index (χ4v) is 4.86. The summed E-state index contributed by atoms with van der Waals surface area (Å²) in [6.45, 7) is 0.462. The number of nitrogens with one attached hydrogen (secondary N) is 1. The molecule has 1 N–H and O–H groups in total. The average Bonchev–Trinajstić information content (AvgIpc) is 3.31. The third-order valence-electron chi connectivity index (χ3n) is 4.47. The molecule has 28 heavy (non-hydrogen) atoms. The van der Waals surface area contributed by atoms with E-state index in [4.69, 9.17) is 11.6 Å². The SMILES string of the molecule is O=C(Nc1cc(Cl)ccc1-n1cccn1)c1ccc(N2CCCS2(=O)=O)cc1. The van der Waals surface area contributed by atoms with Gasteiger partial charge in [0.2, 0.25) is 10.0 Å². The number of anilines is 2. The number of rotatable bonds is 4. The van der Waals surface area contributed by atoms with Gasteiger partial charge in [0.05, 0.1) is 22.8 Å². The van der Waals surface area contributed by atoms with Crippen LogP contribution in [0.1, 0.15) is 16.8 Å². The van der Waals surface area contributed by atoms with E-state index in [0.717, 1.165) is 0 Å². The molecule has 1 fully saturated rings. The van der Waals surface area contributed by atoms with Crippen molar-refractivity contribution in [3.63, 3.8) is 0 Å². The minimum atomic E-state index is -3.25. The number of hydrogen-bond donors (Lipinski definition) is 1. The Morgan fingerprint density at radius 1 is 1.14 bits per heavy atom. The Morgan fingerprint density at radius 2 is 1.93 bits per heavy atom. The van der Waals surface area contributed by atoms with Gasteiger partial charge in [0.15, 0.2) is 0 Å². The minimum Gasteiger partial charge on any atom is -0.320 e. The molecular weight excluding hydrogens is 400 g/mol. The summed E-state index contributed by atoms with van der Waals surface area (Å²) < 4.78 is 27.1. The number of hydrogen-bond acceptors (Lipinski definition) is 4. The van der Waals surface area contributed by atoms with Crippen molar-refractivity contribution in [2.45, 2.75) is 6.42 Å². The van der Waals surface area contributed by atoms with Crippen LogP contribution < -0.4 is 9.62 Å². The molecule has 9 heteroatoms. The van der Waals surface area contributed by atoms with E-state index >= 15 is 0 Å². The molecule has 1 aliphatic rings. The van der Waals surface area contributed by atoms with Gasteiger partial charge in [0.25, 0.3) is 5.91 Å². The molecule has 4 rings (SSSR count). The maximum Gasteiger partial charge on any atom is 0.255 e. The van der Waals surface area contributed by atoms with Gasteiger partial charge in [-0.05, 0) is 55.0 Å². The largest absolute Gasteiger partial charge is 0.320 e. The molecule has 0 radical (unpaired) electrons. The molecule has 2 aromatic carbocycles. The highest BCUT2D eigenvalue weighted by Gasteiger charge is 2.28. The van der Waals surface area contributed by atoms with E-state index in [9.17, 15) is 13.2 Å². The smallest absolute Gasteiger partial charge is 0.255 e. The van der Waals surface area contributed by atoms with Crippen molar-refractivity contribution in [3.05, 3.63) is 71.5 Å². The van der Waals surface area contributed by atoms with Gasteiger partial charge >= 0.3 is 0 Å². The standard InChI is InChI=1S/C19H17ClN4O3S/c20-15-5-8-18(23-10-1-9-21-23)17(13-15)22-19(25)14-3-6-16(7-4-14)24-11-2-12-28(24,26)27/h1,3-10,13H,2,11-12H2,(H,22,25). The molecule has 1 aliphatic heterocycles. The van der Waals surface area contributed by atoms with Gasteiger partial charge in [0.1, 0.15) is 0 Å². The number of halogens is 1. The summed E-state index contributed by atoms with van der Waals surface area (Å²) in [6, 6.07) is 13.4. The second-order valence-corrected chi connectivity index (χ2v) is 8.80. The molecule has 1 amide bonds. The van der Waals surface area contributed by atoms with Crippen LogP contribution in [-0.2, 0) is 10.0 Å². The Hall–Kier alpha value is -2.84. The van der Waals surface area contributed by atoms with Gasteiger partial charge in [-0.1, -0.05) is 11.6 Å². The highest BCUT2D eigenvalue weighted by molar-refractivity contribution is 7.93. The lowest BCUT2D eigenvalue weighted by atomic mass is 10.1. The molecule has 2 heterocycles. The van der Waals surface area contributed by atoms with Gasteiger partial charge in [-0.15, -0.1) is 0 Å². The minimum absolute atomic E-state index is 0.153. The molecule has 1 aromatic heterocycles. The summed E-state index contributed by atoms with van der Waals surface area (Å²) in [5.74, 6) is -0.174. The fraction of sp³-hybridized carbons (Fsp3) is 0.158. The van der Waals surface area contributed by atoms with Crippen LogP contribution in [0.5, 0.6) is 0 Å². The van der Waals surface area contributed by atoms with Crippen LogP contribution in [-0.4, -0.2) is 36.4 Å². The zero-order valence-corrected chi connectivity index (χ0v) is 16.3. The van der Waals surface area contributed by atoms with E-state index in [0.29, 0.717) is 40.6 Å². The van der Waals surface area contributed by atoms with Crippen LogP contribution in [0.4, 0.5) is 11.4 Å². The third-order valence-corrected chi connectivity index (χ3v) is 6.58. The third kappa shape index (κ3) is 3.61. The Labute approximate surface area is 167 Å². The summed E-state index contributed by atoms with van der Waals surface area (Å²) in [5.41, 5.74) is 2.18. The van der Waals surface area contributed by atoms with Gasteiger partial charge in [-0.25, -0.2) is 13.1 Å². The van der Waals surface area contributed by atoms with E-state index in [-0.39, 0.29) is 11.7 Å². The number of sulfonamides is 1. The zero-order valence-electron chi connectivity index (χ0n) is 14.7. The van der Waals surface area contributed by atoms with Crippen LogP contribution in [0.3, 0.4) is 0 Å². The molecule has 0 saturated carbocycles. The van der Waals surface area contributed by atoms with Crippen molar-refractivity contribution in [2.75, 3.05) is 21.9 Å². The Bertz CT molecular complexity index is 1110. The lowest BCUT2D eigenvalue weighted by Gasteiger charge is -2.17. The molecule has 0 atom stereocenters. The number of carbonyl (C=O) groups is 1. The molecular formula is C19H17ClN4O3S. The maximum atomic E-state index is 12.7. The lowest BCUT2D eigenvalue weighted by molar-refractivity contribution is 0.102. The molecule has 7 nitrogen and oxygen atoms in total. The molecule has 0 spiro atoms.